The first-order valence-corrected chi connectivity index (χ1v) is 12.2. The zero-order chi connectivity index (χ0) is 22.7. The van der Waals surface area contributed by atoms with Gasteiger partial charge in [-0.25, -0.2) is 0 Å². The maximum Gasteiger partial charge on any atom is 0.240 e. The monoisotopic (exact) mass is 443 g/mol. The highest BCUT2D eigenvalue weighted by Crippen LogP contribution is 2.26. The van der Waals surface area contributed by atoms with Crippen molar-refractivity contribution < 1.29 is 9.21 Å². The third-order valence-corrected chi connectivity index (χ3v) is 7.13. The maximum absolute atomic E-state index is 13.5. The summed E-state index contributed by atoms with van der Waals surface area (Å²) in [6, 6.07) is 18.3. The molecular formula is C28H33N3O2. The van der Waals surface area contributed by atoms with Crippen LogP contribution >= 0.6 is 0 Å². The molecule has 1 fully saturated rings. The van der Waals surface area contributed by atoms with Gasteiger partial charge in [0.1, 0.15) is 11.3 Å². The summed E-state index contributed by atoms with van der Waals surface area (Å²) >= 11 is 0. The summed E-state index contributed by atoms with van der Waals surface area (Å²) in [5.41, 5.74) is 2.33. The highest BCUT2D eigenvalue weighted by Gasteiger charge is 2.34. The number of hydrogen-bond donors (Lipinski definition) is 3. The molecule has 0 spiro atoms. The molecule has 0 radical (unpaired) electrons. The highest BCUT2D eigenvalue weighted by atomic mass is 16.3. The number of carbonyl (C=O) groups is 1. The van der Waals surface area contributed by atoms with Crippen molar-refractivity contribution in [2.75, 3.05) is 6.54 Å². The number of fused-ring (bicyclic) bond motifs is 2. The number of para-hydroxylation sites is 2. The summed E-state index contributed by atoms with van der Waals surface area (Å²) in [4.78, 5) is 16.9. The number of H-pyrrole nitrogens is 1. The van der Waals surface area contributed by atoms with E-state index >= 15 is 0 Å². The summed E-state index contributed by atoms with van der Waals surface area (Å²) in [6.07, 6.45) is 8.92. The van der Waals surface area contributed by atoms with E-state index in [1.54, 1.807) is 0 Å². The molecular weight excluding hydrogens is 410 g/mol. The van der Waals surface area contributed by atoms with Gasteiger partial charge in [-0.05, 0) is 49.4 Å². The van der Waals surface area contributed by atoms with E-state index in [4.69, 9.17) is 4.42 Å². The molecule has 5 heteroatoms. The number of amides is 1. The quantitative estimate of drug-likeness (QED) is 0.327. The fraction of sp³-hybridized carbons (Fsp3) is 0.393. The van der Waals surface area contributed by atoms with Crippen LogP contribution in [0.2, 0.25) is 0 Å². The second-order valence-corrected chi connectivity index (χ2v) is 9.69. The first kappa shape index (κ1) is 21.8. The molecule has 2 heterocycles. The number of benzene rings is 2. The second-order valence-electron chi connectivity index (χ2n) is 9.69. The lowest BCUT2D eigenvalue weighted by molar-refractivity contribution is -0.127. The van der Waals surface area contributed by atoms with E-state index in [-0.39, 0.29) is 5.91 Å². The molecule has 5 rings (SSSR count). The van der Waals surface area contributed by atoms with Crippen LogP contribution in [0.15, 0.2) is 65.2 Å². The number of carbonyl (C=O) groups excluding carboxylic acids is 1. The summed E-state index contributed by atoms with van der Waals surface area (Å²) in [7, 11) is 0. The minimum absolute atomic E-state index is 0.0504. The first-order chi connectivity index (χ1) is 16.1. The molecule has 172 valence electrons. The predicted molar refractivity (Wildman–Crippen MR) is 133 cm³/mol. The maximum atomic E-state index is 13.5. The van der Waals surface area contributed by atoms with Crippen molar-refractivity contribution in [2.24, 2.45) is 5.92 Å². The molecule has 0 saturated heterocycles. The highest BCUT2D eigenvalue weighted by molar-refractivity contribution is 5.89. The lowest BCUT2D eigenvalue weighted by Gasteiger charge is -2.31. The summed E-state index contributed by atoms with van der Waals surface area (Å²) in [6.45, 7) is 3.26. The van der Waals surface area contributed by atoms with Gasteiger partial charge in [-0.2, -0.15) is 0 Å². The Labute approximate surface area is 194 Å². The number of hydrogen-bond acceptors (Lipinski definition) is 3. The van der Waals surface area contributed by atoms with Crippen LogP contribution in [0.4, 0.5) is 0 Å². The SMILES string of the molecule is CC(Cc1c[nH]c2ccccc12)(NCc1cc2ccccc2o1)C(=O)NCC1CCCCC1. The van der Waals surface area contributed by atoms with E-state index in [0.29, 0.717) is 18.9 Å². The molecule has 1 atom stereocenters. The van der Waals surface area contributed by atoms with Crippen LogP contribution < -0.4 is 10.6 Å². The van der Waals surface area contributed by atoms with Crippen LogP contribution in [0, 0.1) is 5.92 Å². The summed E-state index contributed by atoms with van der Waals surface area (Å²) in [5, 5.41) is 9.06. The van der Waals surface area contributed by atoms with Crippen molar-refractivity contribution in [3.63, 3.8) is 0 Å². The third-order valence-electron chi connectivity index (χ3n) is 7.13. The number of nitrogens with one attached hydrogen (secondary N) is 3. The molecule has 1 aliphatic carbocycles. The minimum Gasteiger partial charge on any atom is -0.460 e. The van der Waals surface area contributed by atoms with E-state index in [2.05, 4.69) is 27.8 Å². The summed E-state index contributed by atoms with van der Waals surface area (Å²) in [5.74, 6) is 1.48. The minimum atomic E-state index is -0.765. The normalized spacial score (nSPS) is 16.8. The third kappa shape index (κ3) is 4.83. The Bertz CT molecular complexity index is 1200. The average Bonchev–Trinajstić information content (AvgIpc) is 3.46. The van der Waals surface area contributed by atoms with Crippen molar-refractivity contribution in [1.82, 2.24) is 15.6 Å². The van der Waals surface area contributed by atoms with Crippen molar-refractivity contribution in [2.45, 2.75) is 57.5 Å². The Morgan fingerprint density at radius 2 is 1.88 bits per heavy atom. The molecule has 2 aromatic heterocycles. The van der Waals surface area contributed by atoms with E-state index in [9.17, 15) is 4.79 Å². The second kappa shape index (κ2) is 9.44. The van der Waals surface area contributed by atoms with Gasteiger partial charge >= 0.3 is 0 Å². The lowest BCUT2D eigenvalue weighted by Crippen LogP contribution is -2.56. The number of aromatic amines is 1. The largest absolute Gasteiger partial charge is 0.460 e. The Morgan fingerprint density at radius 1 is 1.09 bits per heavy atom. The van der Waals surface area contributed by atoms with E-state index in [0.717, 1.165) is 39.7 Å². The molecule has 1 saturated carbocycles. The van der Waals surface area contributed by atoms with E-state index < -0.39 is 5.54 Å². The van der Waals surface area contributed by atoms with Gasteiger partial charge in [0.15, 0.2) is 0 Å². The van der Waals surface area contributed by atoms with Gasteiger partial charge in [0.25, 0.3) is 0 Å². The zero-order valence-corrected chi connectivity index (χ0v) is 19.3. The van der Waals surface area contributed by atoms with Crippen molar-refractivity contribution in [3.05, 3.63) is 72.1 Å². The molecule has 2 aromatic carbocycles. The Balaban J connectivity index is 1.35. The Hall–Kier alpha value is -3.05. The van der Waals surface area contributed by atoms with Gasteiger partial charge in [-0.3, -0.25) is 10.1 Å². The van der Waals surface area contributed by atoms with Crippen LogP contribution in [0.5, 0.6) is 0 Å². The molecule has 33 heavy (non-hydrogen) atoms. The van der Waals surface area contributed by atoms with Crippen LogP contribution in [0.25, 0.3) is 21.9 Å². The average molecular weight is 444 g/mol. The molecule has 1 amide bonds. The molecule has 5 nitrogen and oxygen atoms in total. The molecule has 1 aliphatic rings. The molecule has 0 aliphatic heterocycles. The first-order valence-electron chi connectivity index (χ1n) is 12.2. The van der Waals surface area contributed by atoms with Gasteiger partial charge in [0.05, 0.1) is 12.1 Å². The molecule has 1 unspecified atom stereocenters. The van der Waals surface area contributed by atoms with E-state index in [1.807, 2.05) is 55.6 Å². The van der Waals surface area contributed by atoms with Crippen LogP contribution in [0.1, 0.15) is 50.4 Å². The lowest BCUT2D eigenvalue weighted by atomic mass is 9.88. The smallest absolute Gasteiger partial charge is 0.240 e. The molecule has 3 N–H and O–H groups in total. The molecule has 4 aromatic rings. The van der Waals surface area contributed by atoms with Crippen molar-refractivity contribution >= 4 is 27.8 Å². The van der Waals surface area contributed by atoms with Gasteiger partial charge in [-0.1, -0.05) is 55.7 Å². The van der Waals surface area contributed by atoms with Crippen LogP contribution in [-0.4, -0.2) is 23.0 Å². The van der Waals surface area contributed by atoms with Gasteiger partial charge in [-0.15, -0.1) is 0 Å². The fourth-order valence-corrected chi connectivity index (χ4v) is 5.11. The van der Waals surface area contributed by atoms with Crippen LogP contribution in [-0.2, 0) is 17.8 Å². The van der Waals surface area contributed by atoms with Gasteiger partial charge in [0, 0.05) is 35.5 Å². The van der Waals surface area contributed by atoms with Gasteiger partial charge < -0.3 is 14.7 Å². The van der Waals surface area contributed by atoms with Crippen LogP contribution in [0.3, 0.4) is 0 Å². The Morgan fingerprint density at radius 3 is 2.73 bits per heavy atom. The van der Waals surface area contributed by atoms with Crippen molar-refractivity contribution in [3.8, 4) is 0 Å². The zero-order valence-electron chi connectivity index (χ0n) is 19.3. The van der Waals surface area contributed by atoms with E-state index in [1.165, 1.54) is 32.1 Å². The number of furan rings is 1. The molecule has 0 bridgehead atoms. The number of rotatable bonds is 8. The predicted octanol–water partition coefficient (Wildman–Crippen LogP) is 5.70. The summed E-state index contributed by atoms with van der Waals surface area (Å²) < 4.78 is 6.00. The van der Waals surface area contributed by atoms with Crippen molar-refractivity contribution in [1.29, 1.82) is 0 Å². The van der Waals surface area contributed by atoms with Gasteiger partial charge in [0.2, 0.25) is 5.91 Å². The standard InChI is InChI=1S/C28H33N3O2/c1-28(27(32)30-17-20-9-3-2-4-10-20,16-22-18-29-25-13-7-6-12-24(22)25)31-19-23-15-21-11-5-8-14-26(21)33-23/h5-8,11-15,18,20,29,31H,2-4,9-10,16-17,19H2,1H3,(H,30,32). The topological polar surface area (TPSA) is 70.1 Å². The number of aromatic nitrogens is 1. The fourth-order valence-electron chi connectivity index (χ4n) is 5.11. The Kier molecular flexibility index (Phi) is 6.23.